The molecule has 2 nitrogen and oxygen atoms in total. The van der Waals surface area contributed by atoms with Gasteiger partial charge in [-0.2, -0.15) is 0 Å². The molecule has 9 heavy (non-hydrogen) atoms. The van der Waals surface area contributed by atoms with Gasteiger partial charge in [0.05, 0.1) is 0 Å². The largest absolute Gasteiger partial charge is 0.396 e. The van der Waals surface area contributed by atoms with Crippen molar-refractivity contribution in [3.63, 3.8) is 0 Å². The van der Waals surface area contributed by atoms with E-state index in [-0.39, 0.29) is 0 Å². The molecule has 0 unspecified atom stereocenters. The van der Waals surface area contributed by atoms with Crippen molar-refractivity contribution in [3.8, 4) is 0 Å². The second-order valence-corrected chi connectivity index (χ2v) is 2.31. The molecule has 0 saturated heterocycles. The molecule has 0 aromatic rings. The first kappa shape index (κ1) is 6.78. The minimum Gasteiger partial charge on any atom is -0.396 e. The van der Waals surface area contributed by atoms with Gasteiger partial charge < -0.3 is 5.11 Å². The summed E-state index contributed by atoms with van der Waals surface area (Å²) >= 11 is 0. The van der Waals surface area contributed by atoms with Crippen molar-refractivity contribution in [1.29, 1.82) is 0 Å². The molecule has 0 fully saturated rings. The topological polar surface area (TPSA) is 23.5 Å². The van der Waals surface area contributed by atoms with Gasteiger partial charge in [-0.1, -0.05) is 12.2 Å². The van der Waals surface area contributed by atoms with Crippen molar-refractivity contribution in [3.05, 3.63) is 12.2 Å². The first-order chi connectivity index (χ1) is 4.43. The molecule has 0 atom stereocenters. The summed E-state index contributed by atoms with van der Waals surface area (Å²) in [6, 6.07) is 0. The SMILES string of the molecule is OCCCN1CC=CC1. The van der Waals surface area contributed by atoms with Gasteiger partial charge in [0.1, 0.15) is 0 Å². The Kier molecular flexibility index (Phi) is 2.74. The van der Waals surface area contributed by atoms with Gasteiger partial charge in [-0.25, -0.2) is 0 Å². The van der Waals surface area contributed by atoms with Crippen LogP contribution in [0.1, 0.15) is 6.42 Å². The predicted octanol–water partition coefficient (Wildman–Crippen LogP) is 0.241. The van der Waals surface area contributed by atoms with Crippen LogP contribution >= 0.6 is 0 Å². The Bertz CT molecular complexity index is 93.1. The molecular weight excluding hydrogens is 114 g/mol. The van der Waals surface area contributed by atoms with E-state index in [9.17, 15) is 0 Å². The minimum atomic E-state index is 0.316. The molecule has 0 amide bonds. The third kappa shape index (κ3) is 2.16. The second-order valence-electron chi connectivity index (χ2n) is 2.31. The molecule has 0 radical (unpaired) electrons. The molecule has 1 heterocycles. The zero-order chi connectivity index (χ0) is 6.53. The second kappa shape index (κ2) is 3.64. The van der Waals surface area contributed by atoms with Gasteiger partial charge in [-0.3, -0.25) is 4.90 Å². The van der Waals surface area contributed by atoms with Gasteiger partial charge in [0.15, 0.2) is 0 Å². The van der Waals surface area contributed by atoms with Crippen LogP contribution in [0.4, 0.5) is 0 Å². The van der Waals surface area contributed by atoms with Gasteiger partial charge in [-0.15, -0.1) is 0 Å². The van der Waals surface area contributed by atoms with Crippen molar-refractivity contribution in [1.82, 2.24) is 4.90 Å². The average Bonchev–Trinajstić information content (AvgIpc) is 2.34. The number of hydrogen-bond acceptors (Lipinski definition) is 2. The lowest BCUT2D eigenvalue weighted by molar-refractivity contribution is 0.251. The summed E-state index contributed by atoms with van der Waals surface area (Å²) in [5.74, 6) is 0. The summed E-state index contributed by atoms with van der Waals surface area (Å²) in [6.45, 7) is 3.49. The zero-order valence-electron chi connectivity index (χ0n) is 5.58. The highest BCUT2D eigenvalue weighted by atomic mass is 16.3. The van der Waals surface area contributed by atoms with Crippen molar-refractivity contribution in [2.45, 2.75) is 6.42 Å². The summed E-state index contributed by atoms with van der Waals surface area (Å²) in [6.07, 6.45) is 5.23. The van der Waals surface area contributed by atoms with E-state index in [0.29, 0.717) is 6.61 Å². The molecule has 2 heteroatoms. The van der Waals surface area contributed by atoms with E-state index in [4.69, 9.17) is 5.11 Å². The normalized spacial score (nSPS) is 19.2. The lowest BCUT2D eigenvalue weighted by atomic mass is 10.4. The zero-order valence-corrected chi connectivity index (χ0v) is 5.58. The van der Waals surface area contributed by atoms with Crippen molar-refractivity contribution in [2.75, 3.05) is 26.2 Å². The van der Waals surface area contributed by atoms with Gasteiger partial charge in [0.25, 0.3) is 0 Å². The Balaban J connectivity index is 2.01. The van der Waals surface area contributed by atoms with E-state index in [1.165, 1.54) is 0 Å². The number of aliphatic hydroxyl groups excluding tert-OH is 1. The lowest BCUT2D eigenvalue weighted by Gasteiger charge is -2.12. The van der Waals surface area contributed by atoms with Gasteiger partial charge in [0, 0.05) is 26.2 Å². The van der Waals surface area contributed by atoms with Crippen LogP contribution in [-0.2, 0) is 0 Å². The van der Waals surface area contributed by atoms with E-state index in [2.05, 4.69) is 17.1 Å². The Morgan fingerprint density at radius 3 is 2.56 bits per heavy atom. The smallest absolute Gasteiger partial charge is 0.0443 e. The highest BCUT2D eigenvalue weighted by Crippen LogP contribution is 1.98. The van der Waals surface area contributed by atoms with Gasteiger partial charge in [-0.05, 0) is 6.42 Å². The van der Waals surface area contributed by atoms with Crippen molar-refractivity contribution >= 4 is 0 Å². The van der Waals surface area contributed by atoms with Crippen molar-refractivity contribution in [2.24, 2.45) is 0 Å². The molecule has 0 aromatic heterocycles. The first-order valence-electron chi connectivity index (χ1n) is 3.41. The third-order valence-corrected chi connectivity index (χ3v) is 1.53. The summed E-state index contributed by atoms with van der Waals surface area (Å²) in [5.41, 5.74) is 0. The van der Waals surface area contributed by atoms with E-state index >= 15 is 0 Å². The van der Waals surface area contributed by atoms with E-state index < -0.39 is 0 Å². The van der Waals surface area contributed by atoms with E-state index in [1.807, 2.05) is 0 Å². The number of nitrogens with zero attached hydrogens (tertiary/aromatic N) is 1. The summed E-state index contributed by atoms with van der Waals surface area (Å²) in [7, 11) is 0. The van der Waals surface area contributed by atoms with Crippen LogP contribution < -0.4 is 0 Å². The molecule has 0 aromatic carbocycles. The van der Waals surface area contributed by atoms with Crippen LogP contribution in [0.2, 0.25) is 0 Å². The van der Waals surface area contributed by atoms with E-state index in [0.717, 1.165) is 26.1 Å². The van der Waals surface area contributed by atoms with Crippen LogP contribution in [0.25, 0.3) is 0 Å². The Labute approximate surface area is 55.8 Å². The fourth-order valence-corrected chi connectivity index (χ4v) is 0.999. The van der Waals surface area contributed by atoms with Crippen LogP contribution in [0.3, 0.4) is 0 Å². The Morgan fingerprint density at radius 1 is 1.33 bits per heavy atom. The molecule has 1 aliphatic rings. The molecule has 0 bridgehead atoms. The molecular formula is C7H13NO. The van der Waals surface area contributed by atoms with Crippen LogP contribution in [0, 0.1) is 0 Å². The molecule has 0 spiro atoms. The molecule has 1 aliphatic heterocycles. The summed E-state index contributed by atoms with van der Waals surface area (Å²) < 4.78 is 0. The number of hydrogen-bond donors (Lipinski definition) is 1. The summed E-state index contributed by atoms with van der Waals surface area (Å²) in [4.78, 5) is 2.30. The lowest BCUT2D eigenvalue weighted by Crippen LogP contribution is -2.21. The minimum absolute atomic E-state index is 0.316. The van der Waals surface area contributed by atoms with Crippen LogP contribution in [0.5, 0.6) is 0 Å². The highest BCUT2D eigenvalue weighted by molar-refractivity contribution is 4.94. The molecule has 1 rings (SSSR count). The monoisotopic (exact) mass is 127 g/mol. The van der Waals surface area contributed by atoms with Gasteiger partial charge >= 0.3 is 0 Å². The summed E-state index contributed by atoms with van der Waals surface area (Å²) in [5, 5.41) is 8.48. The maximum atomic E-state index is 8.48. The fraction of sp³-hybridized carbons (Fsp3) is 0.714. The molecule has 0 aliphatic carbocycles. The fourth-order valence-electron chi connectivity index (χ4n) is 0.999. The first-order valence-corrected chi connectivity index (χ1v) is 3.41. The predicted molar refractivity (Wildman–Crippen MR) is 37.3 cm³/mol. The molecule has 1 N–H and O–H groups in total. The average molecular weight is 127 g/mol. The maximum absolute atomic E-state index is 8.48. The van der Waals surface area contributed by atoms with Crippen LogP contribution in [-0.4, -0.2) is 36.2 Å². The van der Waals surface area contributed by atoms with Gasteiger partial charge in [0.2, 0.25) is 0 Å². The third-order valence-electron chi connectivity index (χ3n) is 1.53. The standard InChI is InChI=1S/C7H13NO/c9-7-3-6-8-4-1-2-5-8/h1-2,9H,3-7H2. The Hall–Kier alpha value is -0.340. The number of rotatable bonds is 3. The molecule has 52 valence electrons. The quantitative estimate of drug-likeness (QED) is 0.549. The van der Waals surface area contributed by atoms with Crippen LogP contribution in [0.15, 0.2) is 12.2 Å². The highest BCUT2D eigenvalue weighted by Gasteiger charge is 2.03. The van der Waals surface area contributed by atoms with E-state index in [1.54, 1.807) is 0 Å². The Morgan fingerprint density at radius 2 is 2.00 bits per heavy atom. The number of aliphatic hydroxyl groups is 1. The maximum Gasteiger partial charge on any atom is 0.0443 e. The molecule has 0 saturated carbocycles. The van der Waals surface area contributed by atoms with Crippen molar-refractivity contribution < 1.29 is 5.11 Å².